The Kier molecular flexibility index (Phi) is 4.76. The van der Waals surface area contributed by atoms with E-state index < -0.39 is 0 Å². The molecule has 0 spiro atoms. The van der Waals surface area contributed by atoms with Crippen LogP contribution in [-0.2, 0) is 11.2 Å². The van der Waals surface area contributed by atoms with Crippen LogP contribution in [0.25, 0.3) is 0 Å². The number of carbonyl (C=O) groups is 1. The second-order valence-electron chi connectivity index (χ2n) is 5.00. The van der Waals surface area contributed by atoms with Gasteiger partial charge < -0.3 is 11.1 Å². The number of hydrogen-bond acceptors (Lipinski definition) is 2. The van der Waals surface area contributed by atoms with Crippen LogP contribution in [0.2, 0.25) is 0 Å². The molecule has 1 aliphatic carbocycles. The first-order valence-corrected chi connectivity index (χ1v) is 6.86. The molecule has 0 radical (unpaired) electrons. The van der Waals surface area contributed by atoms with Crippen LogP contribution in [-0.4, -0.2) is 19.0 Å². The zero-order valence-corrected chi connectivity index (χ0v) is 10.8. The largest absolute Gasteiger partial charge is 0.355 e. The van der Waals surface area contributed by atoms with Gasteiger partial charge in [0.05, 0.1) is 0 Å². The normalized spacial score (nSPS) is 16.8. The minimum atomic E-state index is 0.177. The first kappa shape index (κ1) is 13.1. The molecule has 0 bridgehead atoms. The van der Waals surface area contributed by atoms with E-state index in [-0.39, 0.29) is 5.91 Å². The lowest BCUT2D eigenvalue weighted by Gasteiger charge is -2.30. The molecule has 0 fully saturated rings. The zero-order chi connectivity index (χ0) is 12.8. The van der Waals surface area contributed by atoms with Gasteiger partial charge >= 0.3 is 0 Å². The van der Waals surface area contributed by atoms with Gasteiger partial charge in [0.2, 0.25) is 5.91 Å². The number of unbranched alkanes of at least 4 members (excludes halogenated alkanes) is 2. The molecule has 18 heavy (non-hydrogen) atoms. The molecule has 0 saturated heterocycles. The number of amides is 1. The van der Waals surface area contributed by atoms with E-state index in [1.54, 1.807) is 0 Å². The van der Waals surface area contributed by atoms with Gasteiger partial charge in [-0.25, -0.2) is 0 Å². The summed E-state index contributed by atoms with van der Waals surface area (Å²) < 4.78 is 0. The molecule has 0 heterocycles. The highest BCUT2D eigenvalue weighted by Crippen LogP contribution is 2.33. The van der Waals surface area contributed by atoms with Gasteiger partial charge in [-0.15, -0.1) is 0 Å². The van der Waals surface area contributed by atoms with Crippen LogP contribution in [0.1, 0.15) is 42.7 Å². The molecule has 1 aromatic rings. The molecule has 3 N–H and O–H groups in total. The summed E-state index contributed by atoms with van der Waals surface area (Å²) >= 11 is 0. The lowest BCUT2D eigenvalue weighted by Crippen LogP contribution is -2.32. The van der Waals surface area contributed by atoms with Gasteiger partial charge in [0, 0.05) is 18.9 Å². The highest BCUT2D eigenvalue weighted by molar-refractivity contribution is 5.75. The van der Waals surface area contributed by atoms with Crippen LogP contribution in [0.3, 0.4) is 0 Å². The molecule has 1 aromatic carbocycles. The van der Waals surface area contributed by atoms with Crippen LogP contribution < -0.4 is 11.1 Å². The molecule has 98 valence electrons. The molecule has 3 nitrogen and oxygen atoms in total. The summed E-state index contributed by atoms with van der Waals surface area (Å²) in [6, 6.07) is 8.47. The van der Waals surface area contributed by atoms with Crippen molar-refractivity contribution in [1.29, 1.82) is 0 Å². The number of rotatable bonds is 7. The third-order valence-electron chi connectivity index (χ3n) is 3.61. The fraction of sp³-hybridized carbons (Fsp3) is 0.533. The molecule has 1 aliphatic rings. The number of nitrogens with one attached hydrogen (secondary N) is 1. The predicted octanol–water partition coefficient (Wildman–Crippen LogP) is 1.96. The number of fused-ring (bicyclic) bond motifs is 1. The standard InChI is InChI=1S/C15H22N2O/c16-9-5-1-2-8-15(18)17-11-13-10-12-6-3-4-7-14(12)13/h3-4,6-7,13H,1-2,5,8-11,16H2,(H,17,18). The maximum absolute atomic E-state index is 11.6. The van der Waals surface area contributed by atoms with E-state index in [1.165, 1.54) is 11.1 Å². The average molecular weight is 246 g/mol. The highest BCUT2D eigenvalue weighted by Gasteiger charge is 2.25. The Labute approximate surface area is 109 Å². The highest BCUT2D eigenvalue weighted by atomic mass is 16.1. The van der Waals surface area contributed by atoms with Crippen molar-refractivity contribution in [1.82, 2.24) is 5.32 Å². The van der Waals surface area contributed by atoms with E-state index in [1.807, 2.05) is 0 Å². The molecule has 3 heteroatoms. The van der Waals surface area contributed by atoms with Gasteiger partial charge in [-0.1, -0.05) is 30.7 Å². The van der Waals surface area contributed by atoms with Gasteiger partial charge in [0.25, 0.3) is 0 Å². The summed E-state index contributed by atoms with van der Waals surface area (Å²) in [6.07, 6.45) is 4.75. The van der Waals surface area contributed by atoms with Crippen molar-refractivity contribution in [3.63, 3.8) is 0 Å². The number of carbonyl (C=O) groups excluding carboxylic acids is 1. The molecule has 2 rings (SSSR count). The summed E-state index contributed by atoms with van der Waals surface area (Å²) in [4.78, 5) is 11.6. The molecule has 0 aromatic heterocycles. The third kappa shape index (κ3) is 3.33. The van der Waals surface area contributed by atoms with Crippen molar-refractivity contribution in [2.45, 2.75) is 38.0 Å². The maximum atomic E-state index is 11.6. The summed E-state index contributed by atoms with van der Waals surface area (Å²) in [6.45, 7) is 1.51. The summed E-state index contributed by atoms with van der Waals surface area (Å²) in [5.41, 5.74) is 8.25. The predicted molar refractivity (Wildman–Crippen MR) is 73.4 cm³/mol. The van der Waals surface area contributed by atoms with E-state index in [0.717, 1.165) is 38.8 Å². The monoisotopic (exact) mass is 246 g/mol. The first-order valence-electron chi connectivity index (χ1n) is 6.86. The van der Waals surface area contributed by atoms with Crippen molar-refractivity contribution < 1.29 is 4.79 Å². The summed E-state index contributed by atoms with van der Waals surface area (Å²) in [5.74, 6) is 0.700. The summed E-state index contributed by atoms with van der Waals surface area (Å²) in [7, 11) is 0. The molecule has 0 aliphatic heterocycles. The van der Waals surface area contributed by atoms with Gasteiger partial charge in [-0.3, -0.25) is 4.79 Å². The quantitative estimate of drug-likeness (QED) is 0.723. The van der Waals surface area contributed by atoms with Crippen molar-refractivity contribution in [3.8, 4) is 0 Å². The fourth-order valence-electron chi connectivity index (χ4n) is 2.48. The second-order valence-corrected chi connectivity index (χ2v) is 5.00. The maximum Gasteiger partial charge on any atom is 0.220 e. The Balaban J connectivity index is 1.63. The van der Waals surface area contributed by atoms with Crippen molar-refractivity contribution in [2.24, 2.45) is 5.73 Å². The minimum Gasteiger partial charge on any atom is -0.355 e. The minimum absolute atomic E-state index is 0.177. The topological polar surface area (TPSA) is 55.1 Å². The van der Waals surface area contributed by atoms with Gasteiger partial charge in [0.15, 0.2) is 0 Å². The van der Waals surface area contributed by atoms with Crippen molar-refractivity contribution in [2.75, 3.05) is 13.1 Å². The van der Waals surface area contributed by atoms with E-state index in [9.17, 15) is 4.79 Å². The lowest BCUT2D eigenvalue weighted by molar-refractivity contribution is -0.121. The molecule has 1 atom stereocenters. The third-order valence-corrected chi connectivity index (χ3v) is 3.61. The number of nitrogens with two attached hydrogens (primary N) is 1. The Hall–Kier alpha value is -1.35. The fourth-order valence-corrected chi connectivity index (χ4v) is 2.48. The average Bonchev–Trinajstić information content (AvgIpc) is 2.36. The molecule has 1 unspecified atom stereocenters. The van der Waals surface area contributed by atoms with Crippen LogP contribution in [0.15, 0.2) is 24.3 Å². The van der Waals surface area contributed by atoms with Crippen LogP contribution in [0, 0.1) is 0 Å². The molecule has 1 amide bonds. The zero-order valence-electron chi connectivity index (χ0n) is 10.8. The van der Waals surface area contributed by atoms with Gasteiger partial charge in [-0.05, 0) is 36.9 Å². The van der Waals surface area contributed by atoms with Gasteiger partial charge in [0.1, 0.15) is 0 Å². The summed E-state index contributed by atoms with van der Waals surface area (Å²) in [5, 5.41) is 3.03. The van der Waals surface area contributed by atoms with E-state index in [2.05, 4.69) is 29.6 Å². The molecule has 0 saturated carbocycles. The SMILES string of the molecule is NCCCCCC(=O)NCC1Cc2ccccc21. The first-order chi connectivity index (χ1) is 8.81. The second kappa shape index (κ2) is 6.55. The van der Waals surface area contributed by atoms with Crippen LogP contribution in [0.5, 0.6) is 0 Å². The molecular formula is C15H22N2O. The number of hydrogen-bond donors (Lipinski definition) is 2. The van der Waals surface area contributed by atoms with Crippen LogP contribution in [0.4, 0.5) is 0 Å². The lowest BCUT2D eigenvalue weighted by atomic mass is 9.77. The Morgan fingerprint density at radius 1 is 1.28 bits per heavy atom. The van der Waals surface area contributed by atoms with Gasteiger partial charge in [-0.2, -0.15) is 0 Å². The van der Waals surface area contributed by atoms with Crippen LogP contribution >= 0.6 is 0 Å². The van der Waals surface area contributed by atoms with Crippen molar-refractivity contribution >= 4 is 5.91 Å². The van der Waals surface area contributed by atoms with Crippen molar-refractivity contribution in [3.05, 3.63) is 35.4 Å². The molecular weight excluding hydrogens is 224 g/mol. The Bertz CT molecular complexity index is 403. The van der Waals surface area contributed by atoms with E-state index in [0.29, 0.717) is 12.3 Å². The van der Waals surface area contributed by atoms with E-state index in [4.69, 9.17) is 5.73 Å². The number of benzene rings is 1. The van der Waals surface area contributed by atoms with E-state index >= 15 is 0 Å². The Morgan fingerprint density at radius 3 is 2.89 bits per heavy atom. The smallest absolute Gasteiger partial charge is 0.220 e. The Morgan fingerprint density at radius 2 is 2.11 bits per heavy atom.